The third-order valence-electron chi connectivity index (χ3n) is 8.01. The number of aromatic nitrogens is 2. The lowest BCUT2D eigenvalue weighted by Crippen LogP contribution is -2.42. The molecule has 0 saturated carbocycles. The van der Waals surface area contributed by atoms with Crippen molar-refractivity contribution in [1.29, 1.82) is 0 Å². The number of ether oxygens (including phenoxy) is 2. The van der Waals surface area contributed by atoms with Crippen molar-refractivity contribution in [2.75, 3.05) is 7.11 Å². The Morgan fingerprint density at radius 1 is 0.938 bits per heavy atom. The van der Waals surface area contributed by atoms with Crippen molar-refractivity contribution < 1.29 is 28.6 Å². The number of carbonyl (C=O) groups excluding carboxylic acids is 1. The molecular formula is C36H36N3O8P. The lowest BCUT2D eigenvalue weighted by Gasteiger charge is -2.39. The molecule has 0 aliphatic rings. The van der Waals surface area contributed by atoms with Gasteiger partial charge in [0.25, 0.3) is 5.56 Å². The summed E-state index contributed by atoms with van der Waals surface area (Å²) in [6.07, 6.45) is 0.600. The van der Waals surface area contributed by atoms with Crippen LogP contribution < -0.4 is 26.6 Å². The minimum Gasteiger partial charge on any atom is -0.497 e. The molecule has 4 aromatic carbocycles. The van der Waals surface area contributed by atoms with Gasteiger partial charge in [0.2, 0.25) is 0 Å². The lowest BCUT2D eigenvalue weighted by atomic mass is 9.77. The number of hydrogen-bond donors (Lipinski definition) is 4. The quantitative estimate of drug-likeness (QED) is 0.0630. The van der Waals surface area contributed by atoms with Gasteiger partial charge in [0, 0.05) is 29.4 Å². The fourth-order valence-electron chi connectivity index (χ4n) is 5.69. The highest BCUT2D eigenvalue weighted by molar-refractivity contribution is 7.60. The van der Waals surface area contributed by atoms with Gasteiger partial charge in [0.05, 0.1) is 19.0 Å². The highest BCUT2D eigenvalue weighted by atomic mass is 31.2. The molecule has 11 nitrogen and oxygen atoms in total. The molecule has 5 rings (SSSR count). The molecule has 1 unspecified atom stereocenters. The van der Waals surface area contributed by atoms with E-state index in [0.29, 0.717) is 28.0 Å². The monoisotopic (exact) mass is 669 g/mol. The molecule has 0 saturated heterocycles. The van der Waals surface area contributed by atoms with Crippen LogP contribution in [0, 0.1) is 6.92 Å². The van der Waals surface area contributed by atoms with Gasteiger partial charge in [-0.2, -0.15) is 0 Å². The Hall–Kier alpha value is -4.90. The maximum absolute atomic E-state index is 14.2. The van der Waals surface area contributed by atoms with E-state index in [1.54, 1.807) is 50.2 Å². The summed E-state index contributed by atoms with van der Waals surface area (Å²) in [4.78, 5) is 61.0. The Labute approximate surface area is 277 Å². The Morgan fingerprint density at radius 3 is 2.15 bits per heavy atom. The van der Waals surface area contributed by atoms with E-state index in [0.717, 1.165) is 4.57 Å². The topological polar surface area (TPSA) is 160 Å². The number of rotatable bonds is 13. The Kier molecular flexibility index (Phi) is 10.4. The highest BCUT2D eigenvalue weighted by Gasteiger charge is 2.42. The predicted octanol–water partition coefficient (Wildman–Crippen LogP) is 3.98. The molecule has 1 atom stereocenters. The molecule has 48 heavy (non-hydrogen) atoms. The number of hydrogen-bond acceptors (Lipinski definition) is 7. The van der Waals surface area contributed by atoms with Crippen LogP contribution in [0.25, 0.3) is 0 Å². The van der Waals surface area contributed by atoms with Gasteiger partial charge in [-0.1, -0.05) is 84.9 Å². The summed E-state index contributed by atoms with van der Waals surface area (Å²) in [5.74, 6) is -0.0317. The van der Waals surface area contributed by atoms with Crippen molar-refractivity contribution in [2.45, 2.75) is 38.8 Å². The average Bonchev–Trinajstić information content (AvgIpc) is 3.09. The molecule has 0 aliphatic heterocycles. The number of H-pyrrole nitrogens is 1. The molecule has 0 radical (unpaired) electrons. The van der Waals surface area contributed by atoms with E-state index >= 15 is 0 Å². The number of carbonyl (C=O) groups is 1. The molecule has 0 aliphatic carbocycles. The zero-order valence-electron chi connectivity index (χ0n) is 26.6. The van der Waals surface area contributed by atoms with Gasteiger partial charge >= 0.3 is 13.3 Å². The molecule has 0 bridgehead atoms. The Bertz CT molecular complexity index is 2030. The first-order chi connectivity index (χ1) is 22.9. The number of aromatic amines is 1. The van der Waals surface area contributed by atoms with E-state index in [1.807, 2.05) is 60.7 Å². The molecular weight excluding hydrogens is 633 g/mol. The van der Waals surface area contributed by atoms with Gasteiger partial charge < -0.3 is 19.3 Å². The summed E-state index contributed by atoms with van der Waals surface area (Å²) in [7, 11) is -3.05. The van der Waals surface area contributed by atoms with E-state index in [-0.39, 0.29) is 29.5 Å². The van der Waals surface area contributed by atoms with Crippen LogP contribution in [0.1, 0.15) is 45.1 Å². The molecule has 1 aromatic heterocycles. The van der Waals surface area contributed by atoms with Crippen molar-refractivity contribution in [3.8, 4) is 5.75 Å². The Morgan fingerprint density at radius 2 is 1.54 bits per heavy atom. The number of ketones is 1. The number of benzene rings is 4. The van der Waals surface area contributed by atoms with Gasteiger partial charge in [-0.05, 0) is 48.7 Å². The van der Waals surface area contributed by atoms with E-state index in [1.165, 1.54) is 19.4 Å². The van der Waals surface area contributed by atoms with Gasteiger partial charge in [-0.3, -0.25) is 29.0 Å². The summed E-state index contributed by atoms with van der Waals surface area (Å²) < 4.78 is 25.8. The lowest BCUT2D eigenvalue weighted by molar-refractivity contribution is -0.0551. The van der Waals surface area contributed by atoms with Crippen molar-refractivity contribution in [3.63, 3.8) is 0 Å². The van der Waals surface area contributed by atoms with Crippen molar-refractivity contribution in [3.05, 3.63) is 164 Å². The van der Waals surface area contributed by atoms with E-state index < -0.39 is 36.5 Å². The summed E-state index contributed by atoms with van der Waals surface area (Å²) in [5.41, 5.74) is 0.0880. The summed E-state index contributed by atoms with van der Waals surface area (Å²) in [5, 5.41) is 3.17. The van der Waals surface area contributed by atoms with Crippen molar-refractivity contribution >= 4 is 18.7 Å². The van der Waals surface area contributed by atoms with Crippen LogP contribution in [0.3, 0.4) is 0 Å². The van der Waals surface area contributed by atoms with Crippen molar-refractivity contribution in [2.24, 2.45) is 0 Å². The van der Waals surface area contributed by atoms with Gasteiger partial charge in [-0.25, -0.2) is 4.79 Å². The molecule has 5 aromatic rings. The van der Waals surface area contributed by atoms with Gasteiger partial charge in [-0.15, -0.1) is 0 Å². The third kappa shape index (κ3) is 7.31. The standard InChI is InChI=1S/C36H36N3O8P/c1-24-22-39(35(42)38-34(24)41)23-32(40)30-20-29(46-3)18-19-31(30)36(27-13-6-4-7-14-27,28-15-8-5-9-16-28)47-25(2)37-21-26-12-10-11-17-33(26)48(43,44)45/h4-20,22,25,37H,21,23H2,1-3H3,(H,38,41,42)(H2,43,44,45). The van der Waals surface area contributed by atoms with Crippen LogP contribution in [0.4, 0.5) is 0 Å². The first-order valence-electron chi connectivity index (χ1n) is 15.1. The van der Waals surface area contributed by atoms with Crippen LogP contribution in [0.5, 0.6) is 5.75 Å². The number of aryl methyl sites for hydroxylation is 1. The SMILES string of the molecule is COc1ccc(C(OC(C)NCc2ccccc2P(=O)(O)O)(c2ccccc2)c2ccccc2)c(C(=O)Cn2cc(C)c(=O)[nH]c2=O)c1. The van der Waals surface area contributed by atoms with E-state index in [9.17, 15) is 28.7 Å². The minimum atomic E-state index is -4.54. The molecule has 0 spiro atoms. The molecule has 4 N–H and O–H groups in total. The second-order valence-electron chi connectivity index (χ2n) is 11.3. The third-order valence-corrected chi connectivity index (χ3v) is 9.07. The summed E-state index contributed by atoms with van der Waals surface area (Å²) in [6.45, 7) is 3.02. The summed E-state index contributed by atoms with van der Waals surface area (Å²) in [6, 6.07) is 30.1. The van der Waals surface area contributed by atoms with Gasteiger partial charge in [0.15, 0.2) is 5.78 Å². The maximum Gasteiger partial charge on any atom is 0.356 e. The normalized spacial score (nSPS) is 12.4. The van der Waals surface area contributed by atoms with Crippen LogP contribution >= 0.6 is 7.60 Å². The molecule has 0 fully saturated rings. The zero-order valence-corrected chi connectivity index (χ0v) is 27.5. The number of methoxy groups -OCH3 is 1. The van der Waals surface area contributed by atoms with Crippen LogP contribution in [0.2, 0.25) is 0 Å². The van der Waals surface area contributed by atoms with E-state index in [2.05, 4.69) is 10.3 Å². The van der Waals surface area contributed by atoms with Crippen molar-refractivity contribution in [1.82, 2.24) is 14.9 Å². The molecule has 12 heteroatoms. The second kappa shape index (κ2) is 14.5. The fourth-order valence-corrected chi connectivity index (χ4v) is 6.50. The maximum atomic E-state index is 14.2. The average molecular weight is 670 g/mol. The summed E-state index contributed by atoms with van der Waals surface area (Å²) >= 11 is 0. The first-order valence-corrected chi connectivity index (χ1v) is 16.7. The number of Topliss-reactive ketones (excluding diaryl/α,β-unsaturated/α-hetero) is 1. The van der Waals surface area contributed by atoms with Gasteiger partial charge in [0.1, 0.15) is 17.6 Å². The molecule has 1 heterocycles. The molecule has 0 amide bonds. The smallest absolute Gasteiger partial charge is 0.356 e. The highest BCUT2D eigenvalue weighted by Crippen LogP contribution is 2.44. The van der Waals surface area contributed by atoms with Crippen LogP contribution in [-0.4, -0.2) is 38.5 Å². The number of nitrogens with one attached hydrogen (secondary N) is 2. The van der Waals surface area contributed by atoms with Crippen LogP contribution in [0.15, 0.2) is 119 Å². The zero-order chi connectivity index (χ0) is 34.5. The second-order valence-corrected chi connectivity index (χ2v) is 12.8. The minimum absolute atomic E-state index is 0.0744. The molecule has 248 valence electrons. The number of nitrogens with zero attached hydrogens (tertiary/aromatic N) is 1. The van der Waals surface area contributed by atoms with Crippen LogP contribution in [-0.2, 0) is 28.0 Å². The predicted molar refractivity (Wildman–Crippen MR) is 182 cm³/mol. The van der Waals surface area contributed by atoms with E-state index in [4.69, 9.17) is 9.47 Å². The largest absolute Gasteiger partial charge is 0.497 e. The first kappa shape index (κ1) is 34.4. The Balaban J connectivity index is 1.66. The fraction of sp³-hybridized carbons (Fsp3) is 0.194.